The zero-order valence-corrected chi connectivity index (χ0v) is 12.8. The summed E-state index contributed by atoms with van der Waals surface area (Å²) < 4.78 is 3.91. The average molecular weight is 309 g/mol. The van der Waals surface area contributed by atoms with Gasteiger partial charge in [0.1, 0.15) is 17.7 Å². The SMILES string of the molecule is Cn1ccnc1C(CSC[C@H](N)C(=O)O)c1nccn1C. The van der Waals surface area contributed by atoms with Crippen LogP contribution in [0.1, 0.15) is 17.6 Å². The van der Waals surface area contributed by atoms with E-state index < -0.39 is 12.0 Å². The van der Waals surface area contributed by atoms with E-state index in [1.54, 1.807) is 12.4 Å². The number of rotatable bonds is 7. The monoisotopic (exact) mass is 309 g/mol. The van der Waals surface area contributed by atoms with Crippen LogP contribution >= 0.6 is 11.8 Å². The maximum absolute atomic E-state index is 10.8. The van der Waals surface area contributed by atoms with E-state index in [2.05, 4.69) is 9.97 Å². The Morgan fingerprint density at radius 2 is 1.76 bits per heavy atom. The Hall–Kier alpha value is -1.80. The Balaban J connectivity index is 2.13. The number of imidazole rings is 2. The molecule has 8 heteroatoms. The molecule has 21 heavy (non-hydrogen) atoms. The van der Waals surface area contributed by atoms with E-state index in [0.29, 0.717) is 11.5 Å². The fourth-order valence-electron chi connectivity index (χ4n) is 2.07. The number of hydrogen-bond donors (Lipinski definition) is 2. The summed E-state index contributed by atoms with van der Waals surface area (Å²) in [5, 5.41) is 8.83. The van der Waals surface area contributed by atoms with Crippen LogP contribution in [-0.2, 0) is 18.9 Å². The standard InChI is InChI=1S/C13H19N5O2S/c1-17-5-3-15-11(17)9(12-16-4-6-18(12)2)7-21-8-10(14)13(19)20/h3-6,9-10H,7-8,14H2,1-2H3,(H,19,20)/t10-/m0/s1. The third-order valence-corrected chi connectivity index (χ3v) is 4.40. The van der Waals surface area contributed by atoms with Gasteiger partial charge < -0.3 is 20.0 Å². The second-order valence-electron chi connectivity index (χ2n) is 4.83. The Morgan fingerprint density at radius 3 is 2.14 bits per heavy atom. The number of thioether (sulfide) groups is 1. The molecule has 114 valence electrons. The van der Waals surface area contributed by atoms with Crippen molar-refractivity contribution in [2.75, 3.05) is 11.5 Å². The highest BCUT2D eigenvalue weighted by molar-refractivity contribution is 7.99. The molecular weight excluding hydrogens is 290 g/mol. The van der Waals surface area contributed by atoms with E-state index in [9.17, 15) is 4.79 Å². The summed E-state index contributed by atoms with van der Waals surface area (Å²) >= 11 is 1.50. The first kappa shape index (κ1) is 15.6. The molecule has 0 aliphatic rings. The molecule has 2 aromatic rings. The third-order valence-electron chi connectivity index (χ3n) is 3.24. The Kier molecular flexibility index (Phi) is 5.03. The van der Waals surface area contributed by atoms with E-state index in [4.69, 9.17) is 10.8 Å². The van der Waals surface area contributed by atoms with Crippen molar-refractivity contribution in [3.63, 3.8) is 0 Å². The molecule has 3 N–H and O–H groups in total. The molecule has 0 unspecified atom stereocenters. The van der Waals surface area contributed by atoms with Crippen LogP contribution in [-0.4, -0.2) is 47.7 Å². The van der Waals surface area contributed by atoms with E-state index >= 15 is 0 Å². The first-order valence-electron chi connectivity index (χ1n) is 6.51. The van der Waals surface area contributed by atoms with Crippen LogP contribution in [0.15, 0.2) is 24.8 Å². The van der Waals surface area contributed by atoms with Crippen molar-refractivity contribution >= 4 is 17.7 Å². The normalized spacial score (nSPS) is 12.8. The minimum Gasteiger partial charge on any atom is -0.480 e. The minimum atomic E-state index is -0.979. The zero-order chi connectivity index (χ0) is 15.4. The third kappa shape index (κ3) is 3.64. The number of hydrogen-bond acceptors (Lipinski definition) is 5. The molecule has 0 fully saturated rings. The molecule has 0 saturated carbocycles. The average Bonchev–Trinajstić information content (AvgIpc) is 3.04. The lowest BCUT2D eigenvalue weighted by Crippen LogP contribution is -2.32. The highest BCUT2D eigenvalue weighted by atomic mass is 32.2. The molecule has 2 heterocycles. The number of carboxylic acid groups (broad SMARTS) is 1. The van der Waals surface area contributed by atoms with Gasteiger partial charge in [-0.3, -0.25) is 4.79 Å². The van der Waals surface area contributed by atoms with Crippen LogP contribution in [0.2, 0.25) is 0 Å². The largest absolute Gasteiger partial charge is 0.480 e. The summed E-state index contributed by atoms with van der Waals surface area (Å²) in [7, 11) is 3.87. The molecule has 0 saturated heterocycles. The molecule has 0 amide bonds. The molecule has 0 aliphatic heterocycles. The summed E-state index contributed by atoms with van der Waals surface area (Å²) in [6.45, 7) is 0. The van der Waals surface area contributed by atoms with Crippen molar-refractivity contribution in [1.29, 1.82) is 0 Å². The van der Waals surface area contributed by atoms with E-state index in [1.165, 1.54) is 11.8 Å². The van der Waals surface area contributed by atoms with Gasteiger partial charge in [0.25, 0.3) is 0 Å². The van der Waals surface area contributed by atoms with Crippen LogP contribution in [0, 0.1) is 0 Å². The number of carbonyl (C=O) groups is 1. The van der Waals surface area contributed by atoms with E-state index in [0.717, 1.165) is 11.6 Å². The zero-order valence-electron chi connectivity index (χ0n) is 12.0. The fourth-order valence-corrected chi connectivity index (χ4v) is 3.14. The summed E-state index contributed by atoms with van der Waals surface area (Å²) in [6, 6.07) is -0.849. The maximum Gasteiger partial charge on any atom is 0.321 e. The molecule has 2 rings (SSSR count). The predicted molar refractivity (Wildman–Crippen MR) is 81.2 cm³/mol. The molecule has 2 aromatic heterocycles. The van der Waals surface area contributed by atoms with Gasteiger partial charge in [0.05, 0.1) is 5.92 Å². The molecule has 0 bridgehead atoms. The summed E-state index contributed by atoms with van der Waals surface area (Å²) in [5.41, 5.74) is 5.54. The summed E-state index contributed by atoms with van der Waals surface area (Å²) in [5.74, 6) is 1.86. The van der Waals surface area contributed by atoms with Gasteiger partial charge in [-0.05, 0) is 0 Å². The predicted octanol–water partition coefficient (Wildman–Crippen LogP) is 0.431. The van der Waals surface area contributed by atoms with Crippen LogP contribution < -0.4 is 5.73 Å². The molecular formula is C13H19N5O2S. The topological polar surface area (TPSA) is 99.0 Å². The second kappa shape index (κ2) is 6.77. The number of aromatic nitrogens is 4. The molecule has 0 aromatic carbocycles. The number of aryl methyl sites for hydroxylation is 2. The lowest BCUT2D eigenvalue weighted by Gasteiger charge is -2.17. The summed E-state index contributed by atoms with van der Waals surface area (Å²) in [4.78, 5) is 19.6. The van der Waals surface area contributed by atoms with Crippen molar-refractivity contribution < 1.29 is 9.90 Å². The molecule has 0 radical (unpaired) electrons. The minimum absolute atomic E-state index is 0.00371. The maximum atomic E-state index is 10.8. The second-order valence-corrected chi connectivity index (χ2v) is 5.90. The van der Waals surface area contributed by atoms with Crippen LogP contribution in [0.25, 0.3) is 0 Å². The van der Waals surface area contributed by atoms with Crippen molar-refractivity contribution in [3.8, 4) is 0 Å². The van der Waals surface area contributed by atoms with Gasteiger partial charge in [0.2, 0.25) is 0 Å². The molecule has 7 nitrogen and oxygen atoms in total. The fraction of sp³-hybridized carbons (Fsp3) is 0.462. The van der Waals surface area contributed by atoms with Gasteiger partial charge >= 0.3 is 5.97 Å². The Bertz CT molecular complexity index is 569. The molecule has 0 aliphatic carbocycles. The number of nitrogens with zero attached hydrogens (tertiary/aromatic N) is 4. The van der Waals surface area contributed by atoms with Gasteiger partial charge in [-0.1, -0.05) is 0 Å². The quantitative estimate of drug-likeness (QED) is 0.769. The first-order valence-corrected chi connectivity index (χ1v) is 7.66. The van der Waals surface area contributed by atoms with Crippen LogP contribution in [0.4, 0.5) is 0 Å². The smallest absolute Gasteiger partial charge is 0.321 e. The Morgan fingerprint density at radius 1 is 1.24 bits per heavy atom. The van der Waals surface area contributed by atoms with Crippen molar-refractivity contribution in [2.24, 2.45) is 19.8 Å². The van der Waals surface area contributed by atoms with Crippen LogP contribution in [0.5, 0.6) is 0 Å². The number of carboxylic acids is 1. The van der Waals surface area contributed by atoms with Gasteiger partial charge in [-0.25, -0.2) is 9.97 Å². The molecule has 0 spiro atoms. The molecule has 1 atom stereocenters. The van der Waals surface area contributed by atoms with E-state index in [1.807, 2.05) is 35.6 Å². The van der Waals surface area contributed by atoms with Gasteiger partial charge in [0, 0.05) is 50.4 Å². The van der Waals surface area contributed by atoms with E-state index in [-0.39, 0.29) is 5.92 Å². The van der Waals surface area contributed by atoms with Gasteiger partial charge in [0.15, 0.2) is 0 Å². The lowest BCUT2D eigenvalue weighted by atomic mass is 10.1. The lowest BCUT2D eigenvalue weighted by molar-refractivity contribution is -0.137. The van der Waals surface area contributed by atoms with Gasteiger partial charge in [-0.2, -0.15) is 11.8 Å². The first-order chi connectivity index (χ1) is 10.0. The Labute approximate surface area is 127 Å². The van der Waals surface area contributed by atoms with Crippen molar-refractivity contribution in [2.45, 2.75) is 12.0 Å². The van der Waals surface area contributed by atoms with Crippen molar-refractivity contribution in [1.82, 2.24) is 19.1 Å². The highest BCUT2D eigenvalue weighted by Gasteiger charge is 2.23. The summed E-state index contributed by atoms with van der Waals surface area (Å²) in [6.07, 6.45) is 7.27. The highest BCUT2D eigenvalue weighted by Crippen LogP contribution is 2.25. The van der Waals surface area contributed by atoms with Gasteiger partial charge in [-0.15, -0.1) is 0 Å². The van der Waals surface area contributed by atoms with Crippen LogP contribution in [0.3, 0.4) is 0 Å². The van der Waals surface area contributed by atoms with Crippen molar-refractivity contribution in [3.05, 3.63) is 36.4 Å². The number of aliphatic carboxylic acids is 1. The number of nitrogens with two attached hydrogens (primary N) is 1.